The van der Waals surface area contributed by atoms with Gasteiger partial charge in [0.15, 0.2) is 0 Å². The maximum Gasteiger partial charge on any atom is 0.490 e. The van der Waals surface area contributed by atoms with Gasteiger partial charge < -0.3 is 13.6 Å². The van der Waals surface area contributed by atoms with Crippen molar-refractivity contribution in [3.63, 3.8) is 0 Å². The van der Waals surface area contributed by atoms with Crippen LogP contribution in [0.3, 0.4) is 0 Å². The van der Waals surface area contributed by atoms with Crippen molar-refractivity contribution in [3.05, 3.63) is 89.5 Å². The molecule has 3 rings (SSSR count). The third kappa shape index (κ3) is 15.6. The van der Waals surface area contributed by atoms with Gasteiger partial charge in [-0.3, -0.25) is 0 Å². The Kier molecular flexibility index (Phi) is 19.9. The van der Waals surface area contributed by atoms with Crippen LogP contribution in [0.15, 0.2) is 72.8 Å². The molecule has 0 aliphatic heterocycles. The number of unbranched alkanes of at least 4 members (excludes halogenated alkanes) is 15. The van der Waals surface area contributed by atoms with E-state index in [0.29, 0.717) is 0 Å². The van der Waals surface area contributed by atoms with Crippen LogP contribution in [-0.2, 0) is 31.1 Å². The highest BCUT2D eigenvalue weighted by Gasteiger charge is 2.29. The highest BCUT2D eigenvalue weighted by atomic mass is 32.5. The van der Waals surface area contributed by atoms with Crippen LogP contribution in [0.1, 0.15) is 153 Å². The van der Waals surface area contributed by atoms with E-state index in [0.717, 1.165) is 55.8 Å². The van der Waals surface area contributed by atoms with E-state index in [1.807, 2.05) is 36.4 Å². The average molecular weight is 679 g/mol. The minimum atomic E-state index is -3.29. The van der Waals surface area contributed by atoms with Crippen LogP contribution in [-0.4, -0.2) is 0 Å². The number of aryl methyl sites for hydroxylation is 3. The molecule has 0 aliphatic rings. The van der Waals surface area contributed by atoms with Crippen LogP contribution >= 0.6 is 6.72 Å². The molecule has 0 bridgehead atoms. The summed E-state index contributed by atoms with van der Waals surface area (Å²) in [5.41, 5.74) is 3.51. The van der Waals surface area contributed by atoms with Gasteiger partial charge in [0, 0.05) is 11.8 Å². The van der Waals surface area contributed by atoms with E-state index in [2.05, 4.69) is 57.2 Å². The summed E-state index contributed by atoms with van der Waals surface area (Å²) >= 11 is 6.32. The second-order valence-corrected chi connectivity index (χ2v) is 15.9. The first kappa shape index (κ1) is 39.2. The van der Waals surface area contributed by atoms with E-state index in [-0.39, 0.29) is 0 Å². The van der Waals surface area contributed by atoms with E-state index in [1.54, 1.807) is 0 Å². The third-order valence-electron chi connectivity index (χ3n) is 8.95. The lowest BCUT2D eigenvalue weighted by molar-refractivity contribution is 0.378. The first-order valence-electron chi connectivity index (χ1n) is 19.0. The monoisotopic (exact) mass is 678 g/mol. The lowest BCUT2D eigenvalue weighted by Gasteiger charge is -2.26. The van der Waals surface area contributed by atoms with Crippen molar-refractivity contribution in [1.29, 1.82) is 0 Å². The maximum absolute atomic E-state index is 6.77. The number of benzene rings is 3. The van der Waals surface area contributed by atoms with E-state index in [9.17, 15) is 0 Å². The summed E-state index contributed by atoms with van der Waals surface area (Å²) in [5.74, 6) is 2.35. The van der Waals surface area contributed by atoms with Gasteiger partial charge in [-0.2, -0.15) is 0 Å². The lowest BCUT2D eigenvalue weighted by Crippen LogP contribution is -2.10. The minimum Gasteiger partial charge on any atom is -0.407 e. The maximum atomic E-state index is 6.77. The molecule has 5 heteroatoms. The van der Waals surface area contributed by atoms with Crippen LogP contribution in [0.25, 0.3) is 0 Å². The van der Waals surface area contributed by atoms with Crippen LogP contribution < -0.4 is 13.6 Å². The summed E-state index contributed by atoms with van der Waals surface area (Å²) in [6, 6.07) is 25.0. The van der Waals surface area contributed by atoms with Gasteiger partial charge in [0.25, 0.3) is 0 Å². The lowest BCUT2D eigenvalue weighted by atomic mass is 10.0. The molecule has 0 saturated carbocycles. The highest BCUT2D eigenvalue weighted by molar-refractivity contribution is 8.08. The standard InChI is InChI=1S/C42H63O3PS/c1-4-7-10-13-16-19-28-37-31-22-25-34-40(37)43-46(47,44-41-35-26-23-32-38(41)29-20-17-14-11-8-5-2)45-42-36-27-24-33-39(42)30-21-18-15-12-9-6-3/h22-27,31-36H,4-21,28-30H2,1-3H3. The van der Waals surface area contributed by atoms with Crippen molar-refractivity contribution in [2.75, 3.05) is 0 Å². The second-order valence-electron chi connectivity index (χ2n) is 13.1. The SMILES string of the molecule is CCCCCCCCc1ccccc1OP(=S)(Oc1ccccc1CCCCCCCC)Oc1ccccc1CCCCCCCC. The van der Waals surface area contributed by atoms with Crippen molar-refractivity contribution in [3.8, 4) is 17.2 Å². The molecular weight excluding hydrogens is 616 g/mol. The molecule has 0 atom stereocenters. The smallest absolute Gasteiger partial charge is 0.407 e. The van der Waals surface area contributed by atoms with Gasteiger partial charge in [-0.15, -0.1) is 0 Å². The van der Waals surface area contributed by atoms with Crippen molar-refractivity contribution < 1.29 is 13.6 Å². The number of hydrogen-bond donors (Lipinski definition) is 0. The fourth-order valence-electron chi connectivity index (χ4n) is 6.10. The van der Waals surface area contributed by atoms with Crippen LogP contribution in [0, 0.1) is 0 Å². The third-order valence-corrected chi connectivity index (χ3v) is 10.9. The average Bonchev–Trinajstić information content (AvgIpc) is 3.08. The summed E-state index contributed by atoms with van der Waals surface area (Å²) in [6.07, 6.45) is 25.5. The van der Waals surface area contributed by atoms with E-state index < -0.39 is 6.72 Å². The molecular formula is C42H63O3PS. The molecule has 260 valence electrons. The Hall–Kier alpha value is -2.29. The summed E-state index contributed by atoms with van der Waals surface area (Å²) in [7, 11) is 0. The molecule has 0 amide bonds. The zero-order valence-corrected chi connectivity index (χ0v) is 31.6. The number of para-hydroxylation sites is 3. The van der Waals surface area contributed by atoms with Crippen molar-refractivity contribution in [1.82, 2.24) is 0 Å². The van der Waals surface area contributed by atoms with Gasteiger partial charge in [0.2, 0.25) is 0 Å². The molecule has 0 radical (unpaired) electrons. The largest absolute Gasteiger partial charge is 0.490 e. The Bertz CT molecular complexity index is 1140. The first-order valence-corrected chi connectivity index (χ1v) is 21.6. The number of rotatable bonds is 27. The predicted octanol–water partition coefficient (Wildman–Crippen LogP) is 14.2. The Morgan fingerprint density at radius 1 is 0.383 bits per heavy atom. The van der Waals surface area contributed by atoms with Crippen LogP contribution in [0.4, 0.5) is 0 Å². The topological polar surface area (TPSA) is 27.7 Å². The molecule has 0 saturated heterocycles. The fourth-order valence-corrected chi connectivity index (χ4v) is 8.19. The van der Waals surface area contributed by atoms with Gasteiger partial charge in [0.05, 0.1) is 0 Å². The quantitative estimate of drug-likeness (QED) is 0.0592. The summed E-state index contributed by atoms with van der Waals surface area (Å²) in [4.78, 5) is 0. The normalized spacial score (nSPS) is 11.5. The summed E-state index contributed by atoms with van der Waals surface area (Å²) in [5, 5.41) is 0. The molecule has 0 aliphatic carbocycles. The zero-order chi connectivity index (χ0) is 33.4. The molecule has 3 nitrogen and oxygen atoms in total. The Morgan fingerprint density at radius 3 is 0.936 bits per heavy atom. The molecule has 0 spiro atoms. The van der Waals surface area contributed by atoms with Crippen LogP contribution in [0.5, 0.6) is 17.2 Å². The molecule has 0 aromatic heterocycles. The predicted molar refractivity (Wildman–Crippen MR) is 207 cm³/mol. The minimum absolute atomic E-state index is 0.784. The highest BCUT2D eigenvalue weighted by Crippen LogP contribution is 2.52. The molecule has 0 heterocycles. The Labute approximate surface area is 293 Å². The summed E-state index contributed by atoms with van der Waals surface area (Å²) < 4.78 is 20.3. The molecule has 3 aromatic rings. The molecule has 47 heavy (non-hydrogen) atoms. The Balaban J connectivity index is 1.81. The van der Waals surface area contributed by atoms with Gasteiger partial charge in [-0.1, -0.05) is 172 Å². The van der Waals surface area contributed by atoms with Gasteiger partial charge in [0.1, 0.15) is 17.2 Å². The molecule has 0 fully saturated rings. The molecule has 0 N–H and O–H groups in total. The van der Waals surface area contributed by atoms with E-state index in [4.69, 9.17) is 25.4 Å². The van der Waals surface area contributed by atoms with Gasteiger partial charge in [-0.25, -0.2) is 0 Å². The molecule has 0 unspecified atom stereocenters. The number of hydrogen-bond acceptors (Lipinski definition) is 4. The molecule has 3 aromatic carbocycles. The second kappa shape index (κ2) is 23.9. The summed E-state index contributed by atoms with van der Waals surface area (Å²) in [6.45, 7) is 3.50. The fraction of sp³-hybridized carbons (Fsp3) is 0.571. The first-order chi connectivity index (χ1) is 23.1. The zero-order valence-electron chi connectivity index (χ0n) is 29.9. The van der Waals surface area contributed by atoms with Gasteiger partial charge >= 0.3 is 6.72 Å². The van der Waals surface area contributed by atoms with E-state index >= 15 is 0 Å². The van der Waals surface area contributed by atoms with E-state index in [1.165, 1.54) is 113 Å². The van der Waals surface area contributed by atoms with Crippen molar-refractivity contribution in [2.24, 2.45) is 0 Å². The van der Waals surface area contributed by atoms with Gasteiger partial charge in [-0.05, 0) is 73.4 Å². The Morgan fingerprint density at radius 2 is 0.638 bits per heavy atom. The van der Waals surface area contributed by atoms with Crippen LogP contribution in [0.2, 0.25) is 0 Å². The van der Waals surface area contributed by atoms with Crippen molar-refractivity contribution in [2.45, 2.75) is 156 Å². The van der Waals surface area contributed by atoms with Crippen molar-refractivity contribution >= 4 is 18.5 Å².